The van der Waals surface area contributed by atoms with Gasteiger partial charge in [0.2, 0.25) is 0 Å². The van der Waals surface area contributed by atoms with E-state index >= 15 is 0 Å². The van der Waals surface area contributed by atoms with E-state index in [1.807, 2.05) is 29.2 Å². The Kier molecular flexibility index (Phi) is 4.54. The van der Waals surface area contributed by atoms with Crippen LogP contribution in [-0.2, 0) is 6.54 Å². The second-order valence-corrected chi connectivity index (χ2v) is 6.93. The molecular formula is C19H26N4O. The van der Waals surface area contributed by atoms with Gasteiger partial charge >= 0.3 is 0 Å². The molecule has 128 valence electrons. The molecule has 1 aromatic carbocycles. The Labute approximate surface area is 143 Å². The highest BCUT2D eigenvalue weighted by Crippen LogP contribution is 2.28. The number of fused-ring (bicyclic) bond motifs is 1. The number of nitrogens with zero attached hydrogens (tertiary/aromatic N) is 3. The summed E-state index contributed by atoms with van der Waals surface area (Å²) in [7, 11) is 1.73. The van der Waals surface area contributed by atoms with Gasteiger partial charge in [-0.25, -0.2) is 4.68 Å². The SMILES string of the molecule is COc1ccc(-n2cccn2)c(CN2CC[C@@H]3NCCC[C@@H]3C2)c1. The van der Waals surface area contributed by atoms with Crippen molar-refractivity contribution in [1.82, 2.24) is 20.0 Å². The van der Waals surface area contributed by atoms with Crippen LogP contribution in [0.4, 0.5) is 0 Å². The molecule has 0 unspecified atom stereocenters. The van der Waals surface area contributed by atoms with Gasteiger partial charge in [-0.1, -0.05) is 0 Å². The van der Waals surface area contributed by atoms with E-state index in [9.17, 15) is 0 Å². The molecule has 2 saturated heterocycles. The Balaban J connectivity index is 1.55. The number of likely N-dealkylation sites (tertiary alicyclic amines) is 1. The van der Waals surface area contributed by atoms with Gasteiger partial charge in [-0.05, 0) is 68.1 Å². The average molecular weight is 326 g/mol. The molecule has 1 N–H and O–H groups in total. The molecule has 5 heteroatoms. The first-order valence-electron chi connectivity index (χ1n) is 8.96. The van der Waals surface area contributed by atoms with E-state index in [0.717, 1.165) is 36.5 Å². The van der Waals surface area contributed by atoms with Crippen LogP contribution in [0.5, 0.6) is 5.75 Å². The van der Waals surface area contributed by atoms with Crippen LogP contribution in [0.1, 0.15) is 24.8 Å². The van der Waals surface area contributed by atoms with E-state index in [1.54, 1.807) is 7.11 Å². The molecule has 2 atom stereocenters. The summed E-state index contributed by atoms with van der Waals surface area (Å²) in [4.78, 5) is 2.59. The van der Waals surface area contributed by atoms with Crippen molar-refractivity contribution in [3.8, 4) is 11.4 Å². The monoisotopic (exact) mass is 326 g/mol. The summed E-state index contributed by atoms with van der Waals surface area (Å²) in [6, 6.07) is 8.97. The lowest BCUT2D eigenvalue weighted by molar-refractivity contribution is 0.109. The van der Waals surface area contributed by atoms with Crippen molar-refractivity contribution in [2.75, 3.05) is 26.7 Å². The van der Waals surface area contributed by atoms with Crippen molar-refractivity contribution in [2.45, 2.75) is 31.8 Å². The maximum atomic E-state index is 5.44. The normalized spacial score (nSPS) is 24.5. The van der Waals surface area contributed by atoms with E-state index in [1.165, 1.54) is 37.9 Å². The summed E-state index contributed by atoms with van der Waals surface area (Å²) in [5, 5.41) is 8.11. The van der Waals surface area contributed by atoms with Gasteiger partial charge in [0.05, 0.1) is 12.8 Å². The molecule has 24 heavy (non-hydrogen) atoms. The number of piperidine rings is 2. The van der Waals surface area contributed by atoms with E-state index in [0.29, 0.717) is 0 Å². The number of aromatic nitrogens is 2. The molecule has 0 bridgehead atoms. The molecule has 0 spiro atoms. The molecule has 4 rings (SSSR count). The smallest absolute Gasteiger partial charge is 0.119 e. The zero-order valence-electron chi connectivity index (χ0n) is 14.3. The molecule has 0 aliphatic carbocycles. The number of benzene rings is 1. The summed E-state index contributed by atoms with van der Waals surface area (Å²) in [5.41, 5.74) is 2.42. The zero-order chi connectivity index (χ0) is 16.4. The molecule has 0 amide bonds. The minimum Gasteiger partial charge on any atom is -0.497 e. The molecule has 2 fully saturated rings. The van der Waals surface area contributed by atoms with Crippen LogP contribution in [0.15, 0.2) is 36.7 Å². The van der Waals surface area contributed by atoms with Crippen molar-refractivity contribution in [2.24, 2.45) is 5.92 Å². The quantitative estimate of drug-likeness (QED) is 0.937. The van der Waals surface area contributed by atoms with E-state index in [-0.39, 0.29) is 0 Å². The fraction of sp³-hybridized carbons (Fsp3) is 0.526. The van der Waals surface area contributed by atoms with Crippen LogP contribution in [0, 0.1) is 5.92 Å². The topological polar surface area (TPSA) is 42.3 Å². The van der Waals surface area contributed by atoms with Gasteiger partial charge in [-0.15, -0.1) is 0 Å². The van der Waals surface area contributed by atoms with Crippen molar-refractivity contribution in [3.63, 3.8) is 0 Å². The van der Waals surface area contributed by atoms with Gasteiger partial charge < -0.3 is 10.1 Å². The summed E-state index contributed by atoms with van der Waals surface area (Å²) in [6.45, 7) is 4.49. The second kappa shape index (κ2) is 6.95. The molecule has 0 radical (unpaired) electrons. The van der Waals surface area contributed by atoms with Gasteiger partial charge in [0.15, 0.2) is 0 Å². The zero-order valence-corrected chi connectivity index (χ0v) is 14.3. The maximum absolute atomic E-state index is 5.44. The van der Waals surface area contributed by atoms with E-state index in [4.69, 9.17) is 4.74 Å². The average Bonchev–Trinajstić information content (AvgIpc) is 3.16. The minimum atomic E-state index is 0.728. The minimum absolute atomic E-state index is 0.728. The molecule has 2 aromatic rings. The van der Waals surface area contributed by atoms with Crippen LogP contribution in [0.3, 0.4) is 0 Å². The summed E-state index contributed by atoms with van der Waals surface area (Å²) in [6.07, 6.45) is 7.76. The third-order valence-corrected chi connectivity index (χ3v) is 5.41. The highest BCUT2D eigenvalue weighted by atomic mass is 16.5. The van der Waals surface area contributed by atoms with Crippen LogP contribution in [0.2, 0.25) is 0 Å². The Morgan fingerprint density at radius 1 is 1.33 bits per heavy atom. The molecule has 5 nitrogen and oxygen atoms in total. The summed E-state index contributed by atoms with van der Waals surface area (Å²) in [5.74, 6) is 1.71. The van der Waals surface area contributed by atoms with Gasteiger partial charge in [-0.2, -0.15) is 5.10 Å². The van der Waals surface area contributed by atoms with Crippen molar-refractivity contribution < 1.29 is 4.74 Å². The molecular weight excluding hydrogens is 300 g/mol. The Bertz CT molecular complexity index is 670. The lowest BCUT2D eigenvalue weighted by Crippen LogP contribution is -2.51. The largest absolute Gasteiger partial charge is 0.497 e. The third kappa shape index (κ3) is 3.19. The van der Waals surface area contributed by atoms with Gasteiger partial charge in [0.1, 0.15) is 5.75 Å². The Hall–Kier alpha value is -1.85. The Morgan fingerprint density at radius 2 is 2.29 bits per heavy atom. The predicted molar refractivity (Wildman–Crippen MR) is 94.5 cm³/mol. The fourth-order valence-electron chi connectivity index (χ4n) is 4.16. The van der Waals surface area contributed by atoms with Gasteiger partial charge in [-0.3, -0.25) is 4.90 Å². The predicted octanol–water partition coefficient (Wildman–Crippen LogP) is 2.45. The lowest BCUT2D eigenvalue weighted by Gasteiger charge is -2.42. The first kappa shape index (κ1) is 15.7. The number of hydrogen-bond acceptors (Lipinski definition) is 4. The van der Waals surface area contributed by atoms with Crippen LogP contribution < -0.4 is 10.1 Å². The number of rotatable bonds is 4. The summed E-state index contributed by atoms with van der Waals surface area (Å²) >= 11 is 0. The maximum Gasteiger partial charge on any atom is 0.119 e. The highest BCUT2D eigenvalue weighted by Gasteiger charge is 2.31. The van der Waals surface area contributed by atoms with Gasteiger partial charge in [0, 0.05) is 31.5 Å². The number of ether oxygens (including phenoxy) is 1. The van der Waals surface area contributed by atoms with E-state index < -0.39 is 0 Å². The summed E-state index contributed by atoms with van der Waals surface area (Å²) < 4.78 is 7.39. The molecule has 0 saturated carbocycles. The standard InChI is InChI=1S/C19H26N4O/c1-24-17-5-6-19(23-10-3-9-21-23)16(12-17)14-22-11-7-18-15(13-22)4-2-8-20-18/h3,5-6,9-10,12,15,18,20H,2,4,7-8,11,13-14H2,1H3/t15-,18+/m1/s1. The molecule has 2 aliphatic heterocycles. The fourth-order valence-corrected chi connectivity index (χ4v) is 4.16. The number of methoxy groups -OCH3 is 1. The molecule has 1 aromatic heterocycles. The number of nitrogens with one attached hydrogen (secondary N) is 1. The van der Waals surface area contributed by atoms with Crippen molar-refractivity contribution >= 4 is 0 Å². The highest BCUT2D eigenvalue weighted by molar-refractivity contribution is 5.45. The third-order valence-electron chi connectivity index (χ3n) is 5.41. The van der Waals surface area contributed by atoms with E-state index in [2.05, 4.69) is 27.4 Å². The first-order chi connectivity index (χ1) is 11.8. The van der Waals surface area contributed by atoms with Crippen LogP contribution in [0.25, 0.3) is 5.69 Å². The first-order valence-corrected chi connectivity index (χ1v) is 8.96. The van der Waals surface area contributed by atoms with Gasteiger partial charge in [0.25, 0.3) is 0 Å². The molecule has 3 heterocycles. The van der Waals surface area contributed by atoms with Crippen molar-refractivity contribution in [3.05, 3.63) is 42.2 Å². The lowest BCUT2D eigenvalue weighted by atomic mass is 9.85. The molecule has 2 aliphatic rings. The van der Waals surface area contributed by atoms with Crippen LogP contribution in [-0.4, -0.2) is 47.5 Å². The van der Waals surface area contributed by atoms with Crippen molar-refractivity contribution in [1.29, 1.82) is 0 Å². The van der Waals surface area contributed by atoms with Crippen LogP contribution >= 0.6 is 0 Å². The number of hydrogen-bond donors (Lipinski definition) is 1. The second-order valence-electron chi connectivity index (χ2n) is 6.93. The Morgan fingerprint density at radius 3 is 3.12 bits per heavy atom.